The summed E-state index contributed by atoms with van der Waals surface area (Å²) in [4.78, 5) is 12.3. The summed E-state index contributed by atoms with van der Waals surface area (Å²) in [5.74, 6) is 0.848. The fourth-order valence-corrected chi connectivity index (χ4v) is 5.23. The highest BCUT2D eigenvalue weighted by atomic mass is 32.2. The van der Waals surface area contributed by atoms with Crippen molar-refractivity contribution in [1.82, 2.24) is 0 Å². The Morgan fingerprint density at radius 2 is 1.75 bits per heavy atom. The van der Waals surface area contributed by atoms with Gasteiger partial charge in [-0.2, -0.15) is 0 Å². The molecule has 3 aromatic carbocycles. The molecular weight excluding hydrogens is 478 g/mol. The van der Waals surface area contributed by atoms with E-state index in [-0.39, 0.29) is 11.7 Å². The summed E-state index contributed by atoms with van der Waals surface area (Å²) in [6, 6.07) is 19.0. The zero-order chi connectivity index (χ0) is 26.1. The second kappa shape index (κ2) is 9.95. The van der Waals surface area contributed by atoms with E-state index in [1.54, 1.807) is 20.1 Å². The maximum Gasteiger partial charge on any atom is 0.311 e. The lowest BCUT2D eigenvalue weighted by Crippen LogP contribution is -2.29. The number of ether oxygens (including phenoxy) is 3. The topological polar surface area (TPSA) is 105 Å². The minimum atomic E-state index is -3.70. The van der Waals surface area contributed by atoms with Crippen LogP contribution in [-0.2, 0) is 31.7 Å². The van der Waals surface area contributed by atoms with Crippen LogP contribution in [0.2, 0.25) is 0 Å². The monoisotopic (exact) mass is 509 g/mol. The fourth-order valence-electron chi connectivity index (χ4n) is 4.58. The van der Waals surface area contributed by atoms with E-state index in [2.05, 4.69) is 0 Å². The Kier molecular flexibility index (Phi) is 7.11. The first-order chi connectivity index (χ1) is 17.0. The third kappa shape index (κ3) is 5.39. The molecule has 4 rings (SSSR count). The molecule has 0 radical (unpaired) electrons. The molecule has 1 aliphatic heterocycles. The van der Waals surface area contributed by atoms with Gasteiger partial charge >= 0.3 is 5.97 Å². The van der Waals surface area contributed by atoms with Gasteiger partial charge in [0.2, 0.25) is 10.0 Å². The molecule has 0 spiro atoms. The smallest absolute Gasteiger partial charge is 0.311 e. The maximum atomic E-state index is 12.3. The SMILES string of the molecule is CCOC(=O)C(C)(C)Cc1ccc(C2Oc3cccc(OC)c3-c3ccc(CS(N)(=O)=O)cc32)cc1. The standard InChI is InChI=1S/C28H31NO6S/c1-5-34-27(30)28(2,3)16-18-9-12-20(13-10-18)26-22-15-19(17-36(29,31)32)11-14-21(22)25-23(33-4)7-6-8-24(25)35-26/h6-15,26H,5,16-17H2,1-4H3,(H2,29,31,32). The third-order valence-electron chi connectivity index (χ3n) is 6.24. The van der Waals surface area contributed by atoms with E-state index >= 15 is 0 Å². The Morgan fingerprint density at radius 1 is 1.06 bits per heavy atom. The van der Waals surface area contributed by atoms with Crippen molar-refractivity contribution in [2.24, 2.45) is 10.6 Å². The number of hydrogen-bond acceptors (Lipinski definition) is 6. The number of esters is 1. The van der Waals surface area contributed by atoms with Gasteiger partial charge in [-0.05, 0) is 61.6 Å². The van der Waals surface area contributed by atoms with E-state index < -0.39 is 21.5 Å². The first-order valence-electron chi connectivity index (χ1n) is 11.8. The van der Waals surface area contributed by atoms with E-state index in [9.17, 15) is 13.2 Å². The summed E-state index contributed by atoms with van der Waals surface area (Å²) in [7, 11) is -2.09. The van der Waals surface area contributed by atoms with Gasteiger partial charge in [0.25, 0.3) is 0 Å². The molecule has 0 saturated heterocycles. The van der Waals surface area contributed by atoms with E-state index in [0.29, 0.717) is 30.1 Å². The van der Waals surface area contributed by atoms with Gasteiger partial charge in [-0.15, -0.1) is 0 Å². The quantitative estimate of drug-likeness (QED) is 0.439. The molecule has 1 unspecified atom stereocenters. The molecule has 0 bridgehead atoms. The average molecular weight is 510 g/mol. The van der Waals surface area contributed by atoms with Gasteiger partial charge in [0, 0.05) is 5.56 Å². The number of methoxy groups -OCH3 is 1. The summed E-state index contributed by atoms with van der Waals surface area (Å²) < 4.78 is 40.8. The number of rotatable bonds is 8. The van der Waals surface area contributed by atoms with E-state index in [0.717, 1.165) is 27.8 Å². The fraction of sp³-hybridized carbons (Fsp3) is 0.321. The number of carbonyl (C=O) groups excluding carboxylic acids is 1. The van der Waals surface area contributed by atoms with Gasteiger partial charge in [0.05, 0.1) is 30.4 Å². The number of benzene rings is 3. The molecule has 1 atom stereocenters. The molecule has 1 aliphatic rings. The molecule has 0 saturated carbocycles. The van der Waals surface area contributed by atoms with Gasteiger partial charge in [0.15, 0.2) is 0 Å². The van der Waals surface area contributed by atoms with Gasteiger partial charge < -0.3 is 14.2 Å². The van der Waals surface area contributed by atoms with Crippen molar-refractivity contribution in [3.8, 4) is 22.6 Å². The zero-order valence-electron chi connectivity index (χ0n) is 20.9. The molecule has 8 heteroatoms. The normalized spacial score (nSPS) is 14.9. The highest BCUT2D eigenvalue weighted by Crippen LogP contribution is 2.49. The van der Waals surface area contributed by atoms with Crippen molar-refractivity contribution in [1.29, 1.82) is 0 Å². The van der Waals surface area contributed by atoms with E-state index in [1.807, 2.05) is 68.4 Å². The molecule has 0 fully saturated rings. The van der Waals surface area contributed by atoms with Gasteiger partial charge in [-0.3, -0.25) is 4.79 Å². The molecule has 2 N–H and O–H groups in total. The Bertz CT molecular complexity index is 1380. The van der Waals surface area contributed by atoms with Crippen LogP contribution in [-0.4, -0.2) is 28.1 Å². The number of primary sulfonamides is 1. The number of fused-ring (bicyclic) bond motifs is 3. The molecule has 36 heavy (non-hydrogen) atoms. The highest BCUT2D eigenvalue weighted by Gasteiger charge is 2.32. The number of carbonyl (C=O) groups is 1. The van der Waals surface area contributed by atoms with Crippen LogP contribution in [0, 0.1) is 5.41 Å². The van der Waals surface area contributed by atoms with Crippen LogP contribution < -0.4 is 14.6 Å². The summed E-state index contributed by atoms with van der Waals surface area (Å²) >= 11 is 0. The Morgan fingerprint density at radius 3 is 2.39 bits per heavy atom. The second-order valence-corrected chi connectivity index (χ2v) is 11.2. The van der Waals surface area contributed by atoms with Crippen molar-refractivity contribution in [3.05, 3.63) is 82.9 Å². The lowest BCUT2D eigenvalue weighted by molar-refractivity contribution is -0.153. The Hall–Kier alpha value is -3.36. The largest absolute Gasteiger partial charge is 0.496 e. The van der Waals surface area contributed by atoms with Crippen molar-refractivity contribution in [2.45, 2.75) is 39.0 Å². The Labute approximate surface area is 212 Å². The molecule has 0 amide bonds. The lowest BCUT2D eigenvalue weighted by atomic mass is 9.84. The Balaban J connectivity index is 1.73. The summed E-state index contributed by atoms with van der Waals surface area (Å²) in [5, 5.41) is 5.31. The lowest BCUT2D eigenvalue weighted by Gasteiger charge is -2.31. The van der Waals surface area contributed by atoms with Crippen LogP contribution in [0.15, 0.2) is 60.7 Å². The molecular formula is C28H31NO6S. The first kappa shape index (κ1) is 25.7. The molecule has 3 aromatic rings. The summed E-state index contributed by atoms with van der Waals surface area (Å²) in [6.45, 7) is 5.89. The van der Waals surface area contributed by atoms with Crippen molar-refractivity contribution < 1.29 is 27.4 Å². The van der Waals surface area contributed by atoms with Gasteiger partial charge in [0.1, 0.15) is 17.6 Å². The van der Waals surface area contributed by atoms with Crippen molar-refractivity contribution in [2.75, 3.05) is 13.7 Å². The molecule has 7 nitrogen and oxygen atoms in total. The third-order valence-corrected chi connectivity index (χ3v) is 6.98. The van der Waals surface area contributed by atoms with Crippen molar-refractivity contribution in [3.63, 3.8) is 0 Å². The van der Waals surface area contributed by atoms with Crippen molar-refractivity contribution >= 4 is 16.0 Å². The number of sulfonamides is 1. The predicted octanol–water partition coefficient (Wildman–Crippen LogP) is 4.76. The maximum absolute atomic E-state index is 12.3. The minimum absolute atomic E-state index is 0.230. The van der Waals surface area contributed by atoms with E-state index in [4.69, 9.17) is 19.3 Å². The van der Waals surface area contributed by atoms with E-state index in [1.165, 1.54) is 0 Å². The first-order valence-corrected chi connectivity index (χ1v) is 13.5. The number of hydrogen-bond donors (Lipinski definition) is 1. The summed E-state index contributed by atoms with van der Waals surface area (Å²) in [6.07, 6.45) is 0.0689. The average Bonchev–Trinajstić information content (AvgIpc) is 2.82. The van der Waals surface area contributed by atoms with Crippen LogP contribution in [0.3, 0.4) is 0 Å². The molecule has 190 valence electrons. The molecule has 1 heterocycles. The molecule has 0 aromatic heterocycles. The van der Waals surface area contributed by atoms with Crippen LogP contribution in [0.1, 0.15) is 49.1 Å². The number of nitrogens with two attached hydrogens (primary N) is 1. The zero-order valence-corrected chi connectivity index (χ0v) is 21.7. The van der Waals surface area contributed by atoms with Crippen LogP contribution >= 0.6 is 0 Å². The predicted molar refractivity (Wildman–Crippen MR) is 138 cm³/mol. The van der Waals surface area contributed by atoms with Crippen LogP contribution in [0.25, 0.3) is 11.1 Å². The summed E-state index contributed by atoms with van der Waals surface area (Å²) in [5.41, 5.74) is 4.38. The van der Waals surface area contributed by atoms with Gasteiger partial charge in [-0.1, -0.05) is 48.5 Å². The highest BCUT2D eigenvalue weighted by molar-refractivity contribution is 7.88. The molecule has 0 aliphatic carbocycles. The van der Waals surface area contributed by atoms with Crippen LogP contribution in [0.5, 0.6) is 11.5 Å². The second-order valence-electron chi connectivity index (χ2n) is 9.58. The van der Waals surface area contributed by atoms with Crippen LogP contribution in [0.4, 0.5) is 0 Å². The van der Waals surface area contributed by atoms with Gasteiger partial charge in [-0.25, -0.2) is 13.6 Å². The minimum Gasteiger partial charge on any atom is -0.496 e.